The van der Waals surface area contributed by atoms with E-state index in [-0.39, 0.29) is 17.7 Å². The molecule has 1 N–H and O–H groups in total. The number of nitrogens with zero attached hydrogens (tertiary/aromatic N) is 5. The second-order valence-electron chi connectivity index (χ2n) is 7.84. The summed E-state index contributed by atoms with van der Waals surface area (Å²) in [5.41, 5.74) is 5.04. The number of hydrogen-bond acceptors (Lipinski definition) is 6. The van der Waals surface area contributed by atoms with Crippen LogP contribution in [0.25, 0.3) is 16.9 Å². The van der Waals surface area contributed by atoms with Crippen LogP contribution in [-0.4, -0.2) is 49.8 Å². The van der Waals surface area contributed by atoms with Crippen molar-refractivity contribution in [3.63, 3.8) is 0 Å². The van der Waals surface area contributed by atoms with E-state index in [1.54, 1.807) is 11.7 Å². The molecule has 0 atom stereocenters. The van der Waals surface area contributed by atoms with E-state index < -0.39 is 0 Å². The first kappa shape index (κ1) is 21.0. The minimum Gasteiger partial charge on any atom is -0.339 e. The van der Waals surface area contributed by atoms with E-state index in [0.717, 1.165) is 16.9 Å². The zero-order valence-electron chi connectivity index (χ0n) is 17.8. The Hall–Kier alpha value is -3.85. The molecule has 2 amide bonds. The van der Waals surface area contributed by atoms with Crippen LogP contribution in [0.5, 0.6) is 0 Å². The highest BCUT2D eigenvalue weighted by molar-refractivity contribution is 7.13. The van der Waals surface area contributed by atoms with Crippen LogP contribution in [-0.2, 0) is 4.79 Å². The third-order valence-electron chi connectivity index (χ3n) is 5.79. The van der Waals surface area contributed by atoms with Crippen LogP contribution in [0.15, 0.2) is 72.4 Å². The molecule has 33 heavy (non-hydrogen) atoms. The fraction of sp³-hybridized carbons (Fsp3) is 0.208. The summed E-state index contributed by atoms with van der Waals surface area (Å²) in [6.45, 7) is 1.07. The number of hydrogen-bond donors (Lipinski definition) is 1. The zero-order valence-corrected chi connectivity index (χ0v) is 18.6. The topological polar surface area (TPSA) is 93.0 Å². The number of carbonyl (C=O) groups excluding carboxylic acids is 2. The summed E-state index contributed by atoms with van der Waals surface area (Å²) in [6, 6.07) is 19.5. The lowest BCUT2D eigenvalue weighted by Crippen LogP contribution is -2.41. The molecular weight excluding hydrogens is 436 g/mol. The van der Waals surface area contributed by atoms with E-state index in [2.05, 4.69) is 20.6 Å². The normalized spacial score (nSPS) is 14.2. The van der Waals surface area contributed by atoms with Crippen LogP contribution in [0.1, 0.15) is 23.2 Å². The molecule has 0 unspecified atom stereocenters. The van der Waals surface area contributed by atoms with E-state index in [4.69, 9.17) is 0 Å². The van der Waals surface area contributed by atoms with Gasteiger partial charge < -0.3 is 10.2 Å². The van der Waals surface area contributed by atoms with Crippen molar-refractivity contribution in [3.8, 4) is 16.9 Å². The number of aromatic nitrogens is 4. The smallest absolute Gasteiger partial charge is 0.253 e. The van der Waals surface area contributed by atoms with Gasteiger partial charge in [0, 0.05) is 30.1 Å². The highest BCUT2D eigenvalue weighted by Crippen LogP contribution is 2.24. The molecule has 1 aliphatic heterocycles. The summed E-state index contributed by atoms with van der Waals surface area (Å²) in [5.74, 6) is -0.233. The van der Waals surface area contributed by atoms with Crippen molar-refractivity contribution in [2.75, 3.05) is 18.4 Å². The first-order valence-electron chi connectivity index (χ1n) is 10.8. The van der Waals surface area contributed by atoms with Gasteiger partial charge in [-0.05, 0) is 37.1 Å². The summed E-state index contributed by atoms with van der Waals surface area (Å²) in [4.78, 5) is 27.5. The van der Waals surface area contributed by atoms with Gasteiger partial charge in [0.2, 0.25) is 11.0 Å². The Kier molecular flexibility index (Phi) is 5.95. The summed E-state index contributed by atoms with van der Waals surface area (Å²) >= 11 is 1.29. The van der Waals surface area contributed by atoms with Gasteiger partial charge in [-0.15, -0.1) is 10.2 Å². The number of nitrogens with one attached hydrogen (secondary N) is 1. The van der Waals surface area contributed by atoms with Crippen LogP contribution < -0.4 is 5.32 Å². The number of likely N-dealkylation sites (tertiary alicyclic amines) is 1. The van der Waals surface area contributed by atoms with Gasteiger partial charge >= 0.3 is 0 Å². The van der Waals surface area contributed by atoms with Gasteiger partial charge in [-0.25, -0.2) is 4.68 Å². The van der Waals surface area contributed by atoms with Crippen molar-refractivity contribution >= 4 is 28.3 Å². The largest absolute Gasteiger partial charge is 0.339 e. The molecule has 2 aromatic heterocycles. The number of benzene rings is 2. The Morgan fingerprint density at radius 3 is 2.58 bits per heavy atom. The van der Waals surface area contributed by atoms with Gasteiger partial charge in [-0.3, -0.25) is 9.59 Å². The highest BCUT2D eigenvalue weighted by Gasteiger charge is 2.28. The molecule has 0 aliphatic carbocycles. The number of piperidine rings is 1. The van der Waals surface area contributed by atoms with Gasteiger partial charge in [-0.1, -0.05) is 47.7 Å². The fourth-order valence-corrected chi connectivity index (χ4v) is 4.52. The molecule has 5 rings (SSSR count). The lowest BCUT2D eigenvalue weighted by molar-refractivity contribution is -0.121. The third-order valence-corrected chi connectivity index (χ3v) is 6.40. The molecule has 9 heteroatoms. The quantitative estimate of drug-likeness (QED) is 0.490. The molecule has 0 saturated carbocycles. The van der Waals surface area contributed by atoms with Gasteiger partial charge in [0.25, 0.3) is 5.91 Å². The maximum Gasteiger partial charge on any atom is 0.253 e. The monoisotopic (exact) mass is 458 g/mol. The molecule has 166 valence electrons. The van der Waals surface area contributed by atoms with Crippen molar-refractivity contribution in [2.24, 2.45) is 5.92 Å². The SMILES string of the molecule is O=C(Nc1nncs1)C1CCN(C(=O)c2cccc(-n3nccc3-c3ccccc3)c2)CC1. The van der Waals surface area contributed by atoms with Crippen molar-refractivity contribution in [1.82, 2.24) is 24.9 Å². The molecule has 1 saturated heterocycles. The second kappa shape index (κ2) is 9.33. The standard InChI is InChI=1S/C24H22N6O2S/c31-22(27-24-28-25-16-33-24)18-10-13-29(14-11-18)23(32)19-7-4-8-20(15-19)30-21(9-12-26-30)17-5-2-1-3-6-17/h1-9,12,15-16,18H,10-11,13-14H2,(H,27,28,31). The maximum absolute atomic E-state index is 13.2. The van der Waals surface area contributed by atoms with Crippen molar-refractivity contribution in [1.29, 1.82) is 0 Å². The molecule has 1 fully saturated rings. The summed E-state index contributed by atoms with van der Waals surface area (Å²) in [5, 5.41) is 15.4. The molecule has 1 aliphatic rings. The zero-order chi connectivity index (χ0) is 22.6. The highest BCUT2D eigenvalue weighted by atomic mass is 32.1. The van der Waals surface area contributed by atoms with E-state index in [9.17, 15) is 9.59 Å². The number of rotatable bonds is 5. The summed E-state index contributed by atoms with van der Waals surface area (Å²) in [7, 11) is 0. The van der Waals surface area contributed by atoms with E-state index in [0.29, 0.717) is 36.6 Å². The molecular formula is C24H22N6O2S. The molecule has 0 spiro atoms. The van der Waals surface area contributed by atoms with E-state index in [1.165, 1.54) is 11.3 Å². The fourth-order valence-electron chi connectivity index (χ4n) is 4.07. The minimum absolute atomic E-state index is 0.0340. The van der Waals surface area contributed by atoms with E-state index >= 15 is 0 Å². The average molecular weight is 459 g/mol. The van der Waals surface area contributed by atoms with Gasteiger partial charge in [0.15, 0.2) is 0 Å². The lowest BCUT2D eigenvalue weighted by Gasteiger charge is -2.31. The van der Waals surface area contributed by atoms with Crippen LogP contribution in [0, 0.1) is 5.92 Å². The molecule has 0 bridgehead atoms. The Morgan fingerprint density at radius 2 is 1.82 bits per heavy atom. The Bertz CT molecular complexity index is 1250. The first-order valence-corrected chi connectivity index (χ1v) is 11.6. The molecule has 3 heterocycles. The second-order valence-corrected chi connectivity index (χ2v) is 8.68. The number of carbonyl (C=O) groups is 2. The predicted molar refractivity (Wildman–Crippen MR) is 126 cm³/mol. The van der Waals surface area contributed by atoms with Crippen LogP contribution in [0.3, 0.4) is 0 Å². The molecule has 4 aromatic rings. The molecule has 0 radical (unpaired) electrons. The van der Waals surface area contributed by atoms with Gasteiger partial charge in [0.1, 0.15) is 5.51 Å². The van der Waals surface area contributed by atoms with Crippen molar-refractivity contribution < 1.29 is 9.59 Å². The average Bonchev–Trinajstić information content (AvgIpc) is 3.57. The number of amides is 2. The summed E-state index contributed by atoms with van der Waals surface area (Å²) in [6.07, 6.45) is 3.00. The van der Waals surface area contributed by atoms with Crippen molar-refractivity contribution in [2.45, 2.75) is 12.8 Å². The first-order chi connectivity index (χ1) is 16.2. The van der Waals surface area contributed by atoms with Crippen LogP contribution >= 0.6 is 11.3 Å². The van der Waals surface area contributed by atoms with Crippen LogP contribution in [0.4, 0.5) is 5.13 Å². The molecule has 8 nitrogen and oxygen atoms in total. The lowest BCUT2D eigenvalue weighted by atomic mass is 9.95. The van der Waals surface area contributed by atoms with E-state index in [1.807, 2.05) is 70.2 Å². The van der Waals surface area contributed by atoms with Crippen LogP contribution in [0.2, 0.25) is 0 Å². The Labute approximate surface area is 194 Å². The Morgan fingerprint density at radius 1 is 1.00 bits per heavy atom. The predicted octanol–water partition coefficient (Wildman–Crippen LogP) is 3.88. The maximum atomic E-state index is 13.2. The summed E-state index contributed by atoms with van der Waals surface area (Å²) < 4.78 is 1.84. The van der Waals surface area contributed by atoms with Gasteiger partial charge in [-0.2, -0.15) is 5.10 Å². The third kappa shape index (κ3) is 4.54. The number of anilines is 1. The molecule has 2 aromatic carbocycles. The Balaban J connectivity index is 1.27. The van der Waals surface area contributed by atoms with Crippen molar-refractivity contribution in [3.05, 3.63) is 77.9 Å². The van der Waals surface area contributed by atoms with Gasteiger partial charge in [0.05, 0.1) is 17.6 Å². The minimum atomic E-state index is -0.137.